The van der Waals surface area contributed by atoms with Crippen LogP contribution in [0.2, 0.25) is 0 Å². The average molecular weight is 141 g/mol. The minimum atomic E-state index is -0.0587. The molecule has 0 unspecified atom stereocenters. The van der Waals surface area contributed by atoms with Gasteiger partial charge in [0.15, 0.2) is 0 Å². The summed E-state index contributed by atoms with van der Waals surface area (Å²) in [4.78, 5) is 0. The zero-order valence-corrected chi connectivity index (χ0v) is 6.98. The lowest BCUT2D eigenvalue weighted by molar-refractivity contribution is -0.0169. The number of nitriles is 1. The maximum absolute atomic E-state index is 8.21. The van der Waals surface area contributed by atoms with Gasteiger partial charge in [-0.15, -0.1) is 0 Å². The van der Waals surface area contributed by atoms with Crippen molar-refractivity contribution in [2.75, 3.05) is 6.61 Å². The van der Waals surface area contributed by atoms with E-state index in [1.165, 1.54) is 0 Å². The molecular weight excluding hydrogens is 126 g/mol. The molecule has 0 atom stereocenters. The number of ether oxygens (including phenoxy) is 1. The van der Waals surface area contributed by atoms with Gasteiger partial charge in [0.2, 0.25) is 0 Å². The predicted octanol–water partition coefficient (Wildman–Crippen LogP) is 2.11. The first kappa shape index (κ1) is 9.45. The molecule has 0 bridgehead atoms. The van der Waals surface area contributed by atoms with Gasteiger partial charge in [-0.25, -0.2) is 0 Å². The lowest BCUT2D eigenvalue weighted by Gasteiger charge is -2.22. The molecule has 0 fully saturated rings. The maximum Gasteiger partial charge on any atom is 0.0645 e. The Labute approximate surface area is 62.8 Å². The highest BCUT2D eigenvalue weighted by molar-refractivity contribution is 4.71. The molecule has 2 heteroatoms. The maximum atomic E-state index is 8.21. The van der Waals surface area contributed by atoms with Gasteiger partial charge in [0.05, 0.1) is 24.7 Å². The van der Waals surface area contributed by atoms with E-state index in [0.29, 0.717) is 13.0 Å². The first-order valence-electron chi connectivity index (χ1n) is 3.63. The van der Waals surface area contributed by atoms with Gasteiger partial charge in [0, 0.05) is 0 Å². The highest BCUT2D eigenvalue weighted by atomic mass is 16.5. The van der Waals surface area contributed by atoms with E-state index in [1.54, 1.807) is 0 Å². The summed E-state index contributed by atoms with van der Waals surface area (Å²) < 4.78 is 5.40. The van der Waals surface area contributed by atoms with E-state index in [2.05, 4.69) is 6.92 Å². The normalized spacial score (nSPS) is 11.0. The quantitative estimate of drug-likeness (QED) is 0.562. The van der Waals surface area contributed by atoms with Crippen LogP contribution in [0.4, 0.5) is 0 Å². The van der Waals surface area contributed by atoms with Gasteiger partial charge in [-0.2, -0.15) is 5.26 Å². The van der Waals surface area contributed by atoms with Crippen molar-refractivity contribution >= 4 is 0 Å². The molecule has 0 aliphatic rings. The van der Waals surface area contributed by atoms with Crippen molar-refractivity contribution in [1.82, 2.24) is 0 Å². The smallest absolute Gasteiger partial charge is 0.0645 e. The zero-order valence-electron chi connectivity index (χ0n) is 6.98. The molecule has 0 amide bonds. The first-order chi connectivity index (χ1) is 4.62. The second-order valence-electron chi connectivity index (χ2n) is 2.87. The van der Waals surface area contributed by atoms with Crippen molar-refractivity contribution in [3.8, 4) is 6.07 Å². The molecule has 0 spiro atoms. The van der Waals surface area contributed by atoms with E-state index in [4.69, 9.17) is 10.00 Å². The van der Waals surface area contributed by atoms with Crippen LogP contribution in [0, 0.1) is 11.3 Å². The van der Waals surface area contributed by atoms with Gasteiger partial charge in [-0.1, -0.05) is 6.92 Å². The van der Waals surface area contributed by atoms with Gasteiger partial charge in [0.25, 0.3) is 0 Å². The lowest BCUT2D eigenvalue weighted by atomic mass is 10.1. The molecule has 0 heterocycles. The Bertz CT molecular complexity index is 124. The molecule has 0 aromatic rings. The zero-order chi connectivity index (χ0) is 8.04. The second-order valence-corrected chi connectivity index (χ2v) is 2.87. The monoisotopic (exact) mass is 141 g/mol. The van der Waals surface area contributed by atoms with Crippen molar-refractivity contribution in [2.45, 2.75) is 39.2 Å². The number of hydrogen-bond acceptors (Lipinski definition) is 2. The summed E-state index contributed by atoms with van der Waals surface area (Å²) in [6.45, 7) is 6.69. The fourth-order valence-electron chi connectivity index (χ4n) is 0.475. The van der Waals surface area contributed by atoms with E-state index in [1.807, 2.05) is 19.9 Å². The molecule has 2 nitrogen and oxygen atoms in total. The summed E-state index contributed by atoms with van der Waals surface area (Å²) in [6, 6.07) is 2.04. The Hall–Kier alpha value is -0.550. The minimum Gasteiger partial charge on any atom is -0.375 e. The van der Waals surface area contributed by atoms with Crippen molar-refractivity contribution in [1.29, 1.82) is 5.26 Å². The van der Waals surface area contributed by atoms with Crippen molar-refractivity contribution in [3.05, 3.63) is 0 Å². The summed E-state index contributed by atoms with van der Waals surface area (Å²) in [5.41, 5.74) is -0.0587. The molecule has 58 valence electrons. The number of nitrogens with zero attached hydrogens (tertiary/aromatic N) is 1. The summed E-state index contributed by atoms with van der Waals surface area (Å²) in [6.07, 6.45) is 1.47. The average Bonchev–Trinajstić information content (AvgIpc) is 1.89. The highest BCUT2D eigenvalue weighted by Gasteiger charge is 2.13. The third kappa shape index (κ3) is 4.34. The van der Waals surface area contributed by atoms with Crippen molar-refractivity contribution in [2.24, 2.45) is 0 Å². The van der Waals surface area contributed by atoms with Crippen LogP contribution in [-0.2, 0) is 4.74 Å². The minimum absolute atomic E-state index is 0.0587. The van der Waals surface area contributed by atoms with Crippen LogP contribution < -0.4 is 0 Å². The molecule has 0 saturated heterocycles. The fourth-order valence-corrected chi connectivity index (χ4v) is 0.475. The summed E-state index contributed by atoms with van der Waals surface area (Å²) in [7, 11) is 0. The Morgan fingerprint density at radius 2 is 2.10 bits per heavy atom. The number of hydrogen-bond donors (Lipinski definition) is 0. The first-order valence-corrected chi connectivity index (χ1v) is 3.63. The Balaban J connectivity index is 3.39. The molecule has 0 N–H and O–H groups in total. The van der Waals surface area contributed by atoms with E-state index in [-0.39, 0.29) is 5.60 Å². The standard InChI is InChI=1S/C8H15NO/c1-4-8(2,3)10-7-5-6-9/h4-5,7H2,1-3H3. The Morgan fingerprint density at radius 3 is 2.50 bits per heavy atom. The summed E-state index contributed by atoms with van der Waals surface area (Å²) in [5, 5.41) is 8.21. The van der Waals surface area contributed by atoms with E-state index < -0.39 is 0 Å². The molecular formula is C8H15NO. The Morgan fingerprint density at radius 1 is 1.50 bits per heavy atom. The second kappa shape index (κ2) is 4.29. The van der Waals surface area contributed by atoms with Crippen LogP contribution >= 0.6 is 0 Å². The fraction of sp³-hybridized carbons (Fsp3) is 0.875. The van der Waals surface area contributed by atoms with Crippen LogP contribution in [0.25, 0.3) is 0 Å². The van der Waals surface area contributed by atoms with Crippen molar-refractivity contribution in [3.63, 3.8) is 0 Å². The van der Waals surface area contributed by atoms with Crippen LogP contribution in [0.15, 0.2) is 0 Å². The van der Waals surface area contributed by atoms with Crippen LogP contribution in [0.5, 0.6) is 0 Å². The lowest BCUT2D eigenvalue weighted by Crippen LogP contribution is -2.23. The highest BCUT2D eigenvalue weighted by Crippen LogP contribution is 2.12. The Kier molecular flexibility index (Phi) is 4.06. The molecule has 0 saturated carbocycles. The molecule has 0 aromatic heterocycles. The molecule has 0 radical (unpaired) electrons. The molecule has 0 rings (SSSR count). The van der Waals surface area contributed by atoms with Crippen LogP contribution in [0.3, 0.4) is 0 Å². The molecule has 10 heavy (non-hydrogen) atoms. The van der Waals surface area contributed by atoms with Gasteiger partial charge < -0.3 is 4.74 Å². The summed E-state index contributed by atoms with van der Waals surface area (Å²) in [5.74, 6) is 0. The van der Waals surface area contributed by atoms with Gasteiger partial charge in [-0.05, 0) is 20.3 Å². The SMILES string of the molecule is CCC(C)(C)OCCC#N. The number of rotatable bonds is 4. The van der Waals surface area contributed by atoms with Crippen molar-refractivity contribution < 1.29 is 4.74 Å². The van der Waals surface area contributed by atoms with Gasteiger partial charge >= 0.3 is 0 Å². The van der Waals surface area contributed by atoms with E-state index >= 15 is 0 Å². The van der Waals surface area contributed by atoms with Crippen LogP contribution in [0.1, 0.15) is 33.6 Å². The van der Waals surface area contributed by atoms with Crippen LogP contribution in [-0.4, -0.2) is 12.2 Å². The largest absolute Gasteiger partial charge is 0.375 e. The summed E-state index contributed by atoms with van der Waals surface area (Å²) >= 11 is 0. The molecule has 0 aromatic carbocycles. The molecule has 0 aliphatic heterocycles. The third-order valence-corrected chi connectivity index (χ3v) is 1.56. The third-order valence-electron chi connectivity index (χ3n) is 1.56. The molecule has 0 aliphatic carbocycles. The predicted molar refractivity (Wildman–Crippen MR) is 40.6 cm³/mol. The van der Waals surface area contributed by atoms with E-state index in [9.17, 15) is 0 Å². The van der Waals surface area contributed by atoms with Gasteiger partial charge in [0.1, 0.15) is 0 Å². The van der Waals surface area contributed by atoms with E-state index in [0.717, 1.165) is 6.42 Å². The topological polar surface area (TPSA) is 33.0 Å². The van der Waals surface area contributed by atoms with Gasteiger partial charge in [-0.3, -0.25) is 0 Å².